The van der Waals surface area contributed by atoms with Crippen molar-refractivity contribution in [3.8, 4) is 11.5 Å². The summed E-state index contributed by atoms with van der Waals surface area (Å²) in [4.78, 5) is 14.3. The highest BCUT2D eigenvalue weighted by Gasteiger charge is 2.17. The van der Waals surface area contributed by atoms with E-state index in [0.29, 0.717) is 12.6 Å². The van der Waals surface area contributed by atoms with Gasteiger partial charge in [0.25, 0.3) is 0 Å². The van der Waals surface area contributed by atoms with Crippen LogP contribution < -0.4 is 14.8 Å². The minimum absolute atomic E-state index is 0.123. The van der Waals surface area contributed by atoms with Crippen LogP contribution in [-0.4, -0.2) is 44.2 Å². The number of nitrogens with one attached hydrogen (secondary N) is 1. The number of hydrogen-bond donors (Lipinski definition) is 1. The minimum Gasteiger partial charge on any atom is -0.497 e. The topological polar surface area (TPSA) is 50.8 Å². The van der Waals surface area contributed by atoms with Gasteiger partial charge < -0.3 is 19.7 Å². The molecule has 5 nitrogen and oxygen atoms in total. The Labute approximate surface area is 167 Å². The fourth-order valence-corrected chi connectivity index (χ4v) is 3.12. The molecule has 1 fully saturated rings. The first-order valence-electron chi connectivity index (χ1n) is 9.66. The molecule has 0 aliphatic carbocycles. The van der Waals surface area contributed by atoms with Crippen molar-refractivity contribution >= 4 is 12.0 Å². The van der Waals surface area contributed by atoms with E-state index in [1.165, 1.54) is 0 Å². The highest BCUT2D eigenvalue weighted by Crippen LogP contribution is 2.19. The number of carbonyl (C=O) groups is 1. The van der Waals surface area contributed by atoms with E-state index in [1.54, 1.807) is 19.3 Å². The zero-order chi connectivity index (χ0) is 19.8. The third kappa shape index (κ3) is 6.13. The first-order valence-corrected chi connectivity index (χ1v) is 9.66. The van der Waals surface area contributed by atoms with E-state index in [9.17, 15) is 4.79 Å². The molecule has 0 bridgehead atoms. The third-order valence-corrected chi connectivity index (χ3v) is 4.90. The van der Waals surface area contributed by atoms with Gasteiger partial charge in [-0.15, -0.1) is 0 Å². The Morgan fingerprint density at radius 1 is 1.07 bits per heavy atom. The molecule has 0 spiro atoms. The van der Waals surface area contributed by atoms with Gasteiger partial charge in [-0.25, -0.2) is 0 Å². The van der Waals surface area contributed by atoms with E-state index in [1.807, 2.05) is 48.5 Å². The SMILES string of the molecule is COc1ccc(/C=C/C(=O)NCc2ccc(OC3CCN(C)CC3)cc2)cc1. The van der Waals surface area contributed by atoms with Gasteiger partial charge in [-0.2, -0.15) is 0 Å². The molecule has 0 radical (unpaired) electrons. The van der Waals surface area contributed by atoms with Gasteiger partial charge in [-0.3, -0.25) is 4.79 Å². The number of carbonyl (C=O) groups excluding carboxylic acids is 1. The Bertz CT molecular complexity index is 776. The summed E-state index contributed by atoms with van der Waals surface area (Å²) < 4.78 is 11.2. The number of amides is 1. The smallest absolute Gasteiger partial charge is 0.244 e. The summed E-state index contributed by atoms with van der Waals surface area (Å²) in [5, 5.41) is 2.90. The molecule has 1 amide bonds. The molecule has 1 aliphatic rings. The van der Waals surface area contributed by atoms with Crippen molar-refractivity contribution in [2.24, 2.45) is 0 Å². The van der Waals surface area contributed by atoms with Crippen LogP contribution >= 0.6 is 0 Å². The largest absolute Gasteiger partial charge is 0.497 e. The van der Waals surface area contributed by atoms with Crippen molar-refractivity contribution in [3.05, 3.63) is 65.7 Å². The molecule has 148 valence electrons. The summed E-state index contributed by atoms with van der Waals surface area (Å²) in [6.45, 7) is 2.65. The Kier molecular flexibility index (Phi) is 7.09. The second kappa shape index (κ2) is 9.95. The third-order valence-electron chi connectivity index (χ3n) is 4.90. The van der Waals surface area contributed by atoms with E-state index in [2.05, 4.69) is 17.3 Å². The zero-order valence-corrected chi connectivity index (χ0v) is 16.6. The predicted molar refractivity (Wildman–Crippen MR) is 111 cm³/mol. The molecular weight excluding hydrogens is 352 g/mol. The van der Waals surface area contributed by atoms with Crippen molar-refractivity contribution in [1.29, 1.82) is 0 Å². The molecule has 0 aromatic heterocycles. The molecule has 1 heterocycles. The molecule has 28 heavy (non-hydrogen) atoms. The molecule has 1 N–H and O–H groups in total. The minimum atomic E-state index is -0.123. The monoisotopic (exact) mass is 380 g/mol. The summed E-state index contributed by atoms with van der Waals surface area (Å²) in [6, 6.07) is 15.5. The first kappa shape index (κ1) is 20.0. The van der Waals surface area contributed by atoms with Crippen LogP contribution in [0.1, 0.15) is 24.0 Å². The number of methoxy groups -OCH3 is 1. The lowest BCUT2D eigenvalue weighted by molar-refractivity contribution is -0.116. The Hall–Kier alpha value is -2.79. The summed E-state index contributed by atoms with van der Waals surface area (Å²) in [6.07, 6.45) is 5.75. The number of hydrogen-bond acceptors (Lipinski definition) is 4. The van der Waals surface area contributed by atoms with Gasteiger partial charge in [-0.1, -0.05) is 24.3 Å². The van der Waals surface area contributed by atoms with E-state index in [-0.39, 0.29) is 5.91 Å². The van der Waals surface area contributed by atoms with Gasteiger partial charge in [0.05, 0.1) is 7.11 Å². The average molecular weight is 380 g/mol. The van der Waals surface area contributed by atoms with Crippen LogP contribution in [0.2, 0.25) is 0 Å². The quantitative estimate of drug-likeness (QED) is 0.747. The summed E-state index contributed by atoms with van der Waals surface area (Å²) in [5.74, 6) is 1.57. The molecule has 5 heteroatoms. The number of rotatable bonds is 7. The molecule has 1 saturated heterocycles. The first-order chi connectivity index (χ1) is 13.6. The van der Waals surface area contributed by atoms with E-state index < -0.39 is 0 Å². The van der Waals surface area contributed by atoms with Crippen molar-refractivity contribution in [1.82, 2.24) is 10.2 Å². The lowest BCUT2D eigenvalue weighted by Gasteiger charge is -2.29. The van der Waals surface area contributed by atoms with Crippen LogP contribution in [0.4, 0.5) is 0 Å². The highest BCUT2D eigenvalue weighted by atomic mass is 16.5. The summed E-state index contributed by atoms with van der Waals surface area (Å²) in [5.41, 5.74) is 1.99. The van der Waals surface area contributed by atoms with Crippen LogP contribution in [0.15, 0.2) is 54.6 Å². The fraction of sp³-hybridized carbons (Fsp3) is 0.348. The normalized spacial score (nSPS) is 15.5. The number of ether oxygens (including phenoxy) is 2. The average Bonchev–Trinajstić information content (AvgIpc) is 2.74. The predicted octanol–water partition coefficient (Wildman–Crippen LogP) is 3.50. The van der Waals surface area contributed by atoms with Crippen molar-refractivity contribution in [3.63, 3.8) is 0 Å². The van der Waals surface area contributed by atoms with Crippen LogP contribution in [0, 0.1) is 0 Å². The number of nitrogens with zero attached hydrogens (tertiary/aromatic N) is 1. The number of piperidine rings is 1. The van der Waals surface area contributed by atoms with Crippen LogP contribution in [-0.2, 0) is 11.3 Å². The van der Waals surface area contributed by atoms with Gasteiger partial charge in [-0.05, 0) is 61.4 Å². The molecule has 2 aromatic rings. The van der Waals surface area contributed by atoms with Crippen LogP contribution in [0.3, 0.4) is 0 Å². The highest BCUT2D eigenvalue weighted by molar-refractivity contribution is 5.91. The molecule has 1 aliphatic heterocycles. The molecule has 0 unspecified atom stereocenters. The maximum atomic E-state index is 12.0. The summed E-state index contributed by atoms with van der Waals surface area (Å²) in [7, 11) is 3.77. The number of benzene rings is 2. The fourth-order valence-electron chi connectivity index (χ4n) is 3.12. The van der Waals surface area contributed by atoms with Gasteiger partial charge >= 0.3 is 0 Å². The Morgan fingerprint density at radius 2 is 1.71 bits per heavy atom. The van der Waals surface area contributed by atoms with Crippen molar-refractivity contribution in [2.45, 2.75) is 25.5 Å². The van der Waals surface area contributed by atoms with Gasteiger partial charge in [0, 0.05) is 25.7 Å². The van der Waals surface area contributed by atoms with Gasteiger partial charge in [0.2, 0.25) is 5.91 Å². The molecule has 0 saturated carbocycles. The van der Waals surface area contributed by atoms with Crippen LogP contribution in [0.25, 0.3) is 6.08 Å². The van der Waals surface area contributed by atoms with Crippen LogP contribution in [0.5, 0.6) is 11.5 Å². The molecule has 0 atom stereocenters. The lowest BCUT2D eigenvalue weighted by Crippen LogP contribution is -2.35. The molecule has 3 rings (SSSR count). The maximum Gasteiger partial charge on any atom is 0.244 e. The van der Waals surface area contributed by atoms with Crippen molar-refractivity contribution in [2.75, 3.05) is 27.2 Å². The van der Waals surface area contributed by atoms with Gasteiger partial charge in [0.15, 0.2) is 0 Å². The zero-order valence-electron chi connectivity index (χ0n) is 16.6. The maximum absolute atomic E-state index is 12.0. The van der Waals surface area contributed by atoms with Gasteiger partial charge in [0.1, 0.15) is 17.6 Å². The summed E-state index contributed by atoms with van der Waals surface area (Å²) >= 11 is 0. The Morgan fingerprint density at radius 3 is 2.36 bits per heavy atom. The number of likely N-dealkylation sites (tertiary alicyclic amines) is 1. The lowest BCUT2D eigenvalue weighted by atomic mass is 10.1. The van der Waals surface area contributed by atoms with E-state index in [0.717, 1.165) is 48.6 Å². The van der Waals surface area contributed by atoms with E-state index in [4.69, 9.17) is 9.47 Å². The van der Waals surface area contributed by atoms with E-state index >= 15 is 0 Å². The second-order valence-electron chi connectivity index (χ2n) is 7.09. The Balaban J connectivity index is 1.43. The standard InChI is InChI=1S/C23H28N2O3/c1-25-15-13-22(14-16-25)28-21-10-5-19(6-11-21)17-24-23(26)12-7-18-3-8-20(27-2)9-4-18/h3-12,22H,13-17H2,1-2H3,(H,24,26)/b12-7+. The molecular formula is C23H28N2O3. The molecule has 2 aromatic carbocycles. The van der Waals surface area contributed by atoms with Crippen molar-refractivity contribution < 1.29 is 14.3 Å². The second-order valence-corrected chi connectivity index (χ2v) is 7.09.